The molecule has 0 spiro atoms. The third kappa shape index (κ3) is 6.18. The number of nitrogens with zero attached hydrogens (tertiary/aromatic N) is 1. The van der Waals surface area contributed by atoms with Crippen LogP contribution in [0.5, 0.6) is 0 Å². The van der Waals surface area contributed by atoms with Gasteiger partial charge in [0.25, 0.3) is 0 Å². The van der Waals surface area contributed by atoms with E-state index in [1.165, 1.54) is 32.5 Å². The Morgan fingerprint density at radius 1 is 1.03 bits per heavy atom. The summed E-state index contributed by atoms with van der Waals surface area (Å²) in [6.45, 7) is 6.64. The Morgan fingerprint density at radius 2 is 1.78 bits per heavy atom. The van der Waals surface area contributed by atoms with Crippen LogP contribution in [0.4, 0.5) is 14.5 Å². The van der Waals surface area contributed by atoms with Gasteiger partial charge in [0.15, 0.2) is 0 Å². The number of aromatic nitrogens is 1. The number of pyridine rings is 1. The summed E-state index contributed by atoms with van der Waals surface area (Å²) < 4.78 is 24.3. The zero-order chi connectivity index (χ0) is 23.1. The van der Waals surface area contributed by atoms with Crippen molar-refractivity contribution in [1.82, 2.24) is 10.3 Å². The summed E-state index contributed by atoms with van der Waals surface area (Å²) in [4.78, 5) is 7.55. The van der Waals surface area contributed by atoms with Crippen LogP contribution in [0, 0.1) is 18.6 Å². The largest absolute Gasteiger partial charge is 0.396 e. The zero-order valence-electron chi connectivity index (χ0n) is 17.5. The summed E-state index contributed by atoms with van der Waals surface area (Å²) in [6.07, 6.45) is 5.36. The minimum absolute atomic E-state index is 0.0311. The molecule has 164 valence electrons. The Balaban J connectivity index is 0.000000269. The number of hydrogen-bond acceptors (Lipinski definition) is 5. The monoisotopic (exact) mass is 467 g/mol. The molecule has 0 bridgehead atoms. The first-order valence-corrected chi connectivity index (χ1v) is 11.0. The standard InChI is InChI=1S/C19H18N2S2.C6H5F2N/c1-3-20-10-15-8-14(5-4-13(15)2)18-6-7-19(23-18)16-9-17(22)12-21-11-16;7-4-1-2-6(9)5(8)3-4/h3-9,11-12,20,22H,1,10H2,2H3;1-3H,9H2. The number of halogens is 2. The highest BCUT2D eigenvalue weighted by molar-refractivity contribution is 7.80. The van der Waals surface area contributed by atoms with E-state index in [1.807, 2.05) is 12.3 Å². The Bertz CT molecular complexity index is 1220. The number of nitrogens with one attached hydrogen (secondary N) is 1. The van der Waals surface area contributed by atoms with Crippen molar-refractivity contribution in [2.45, 2.75) is 18.4 Å². The first-order valence-electron chi connectivity index (χ1n) is 9.76. The molecule has 0 unspecified atom stereocenters. The van der Waals surface area contributed by atoms with Crippen molar-refractivity contribution in [3.63, 3.8) is 0 Å². The lowest BCUT2D eigenvalue weighted by atomic mass is 10.0. The minimum atomic E-state index is -0.713. The quantitative estimate of drug-likeness (QED) is 0.222. The SMILES string of the molecule is C=CNCc1cc(-c2ccc(-c3cncc(S)c3)s2)ccc1C.Nc1ccc(F)cc1F. The fraction of sp³-hybridized carbons (Fsp3) is 0.0800. The highest BCUT2D eigenvalue weighted by atomic mass is 32.1. The van der Waals surface area contributed by atoms with Crippen LogP contribution in [0.15, 0.2) is 84.7 Å². The molecule has 0 fully saturated rings. The maximum atomic E-state index is 12.2. The van der Waals surface area contributed by atoms with Crippen LogP contribution in [0.25, 0.3) is 20.9 Å². The van der Waals surface area contributed by atoms with Gasteiger partial charge in [-0.15, -0.1) is 24.0 Å². The van der Waals surface area contributed by atoms with Crippen molar-refractivity contribution in [3.8, 4) is 20.9 Å². The number of rotatable bonds is 5. The van der Waals surface area contributed by atoms with Crippen LogP contribution in [0.2, 0.25) is 0 Å². The van der Waals surface area contributed by atoms with Crippen LogP contribution >= 0.6 is 24.0 Å². The summed E-state index contributed by atoms with van der Waals surface area (Å²) in [5.74, 6) is -1.32. The Hall–Kier alpha value is -3.16. The van der Waals surface area contributed by atoms with Crippen molar-refractivity contribution in [2.24, 2.45) is 0 Å². The van der Waals surface area contributed by atoms with Gasteiger partial charge in [0, 0.05) is 45.2 Å². The molecular weight excluding hydrogens is 444 g/mol. The lowest BCUT2D eigenvalue weighted by Crippen LogP contribution is -2.05. The molecule has 0 saturated heterocycles. The summed E-state index contributed by atoms with van der Waals surface area (Å²) in [7, 11) is 0. The van der Waals surface area contributed by atoms with Gasteiger partial charge in [-0.3, -0.25) is 4.98 Å². The van der Waals surface area contributed by atoms with Crippen molar-refractivity contribution >= 4 is 29.7 Å². The maximum Gasteiger partial charge on any atom is 0.148 e. The lowest BCUT2D eigenvalue weighted by Gasteiger charge is -2.08. The third-order valence-corrected chi connectivity index (χ3v) is 6.08. The van der Waals surface area contributed by atoms with E-state index in [2.05, 4.69) is 66.8 Å². The van der Waals surface area contributed by atoms with Gasteiger partial charge in [-0.1, -0.05) is 18.7 Å². The van der Waals surface area contributed by atoms with E-state index in [1.54, 1.807) is 23.7 Å². The molecule has 0 amide bonds. The van der Waals surface area contributed by atoms with Gasteiger partial charge in [-0.25, -0.2) is 8.78 Å². The molecular formula is C25H23F2N3S2. The molecule has 2 aromatic carbocycles. The second-order valence-electron chi connectivity index (χ2n) is 6.99. The second-order valence-corrected chi connectivity index (χ2v) is 8.59. The van der Waals surface area contributed by atoms with Crippen LogP contribution in [-0.4, -0.2) is 4.98 Å². The molecule has 2 aromatic heterocycles. The first kappa shape index (κ1) is 23.5. The number of thiol groups is 1. The van der Waals surface area contributed by atoms with Crippen molar-refractivity contribution in [3.05, 3.63) is 103 Å². The molecule has 4 aromatic rings. The molecule has 7 heteroatoms. The van der Waals surface area contributed by atoms with Gasteiger partial charge >= 0.3 is 0 Å². The van der Waals surface area contributed by atoms with Crippen LogP contribution in [0.1, 0.15) is 11.1 Å². The van der Waals surface area contributed by atoms with E-state index < -0.39 is 11.6 Å². The lowest BCUT2D eigenvalue weighted by molar-refractivity contribution is 0.586. The molecule has 2 heterocycles. The van der Waals surface area contributed by atoms with Gasteiger partial charge in [0.05, 0.1) is 5.69 Å². The van der Waals surface area contributed by atoms with E-state index in [-0.39, 0.29) is 5.69 Å². The smallest absolute Gasteiger partial charge is 0.148 e. The van der Waals surface area contributed by atoms with Gasteiger partial charge < -0.3 is 11.1 Å². The fourth-order valence-corrected chi connectivity index (χ4v) is 4.10. The number of nitrogens with two attached hydrogens (primary N) is 1. The van der Waals surface area contributed by atoms with Gasteiger partial charge in [0.1, 0.15) is 11.6 Å². The highest BCUT2D eigenvalue weighted by Gasteiger charge is 2.08. The van der Waals surface area contributed by atoms with E-state index in [0.717, 1.165) is 29.1 Å². The molecule has 3 nitrogen and oxygen atoms in total. The van der Waals surface area contributed by atoms with Crippen LogP contribution in [0.3, 0.4) is 0 Å². The molecule has 0 radical (unpaired) electrons. The van der Waals surface area contributed by atoms with E-state index in [0.29, 0.717) is 0 Å². The van der Waals surface area contributed by atoms with Gasteiger partial charge in [-0.2, -0.15) is 0 Å². The second kappa shape index (κ2) is 10.9. The molecule has 0 atom stereocenters. The van der Waals surface area contributed by atoms with Gasteiger partial charge in [-0.05, 0) is 66.2 Å². The highest BCUT2D eigenvalue weighted by Crippen LogP contribution is 2.35. The number of thiophene rings is 1. The number of nitrogen functional groups attached to an aromatic ring is 1. The number of hydrogen-bond donors (Lipinski definition) is 3. The van der Waals surface area contributed by atoms with Crippen LogP contribution in [-0.2, 0) is 6.54 Å². The van der Waals surface area contributed by atoms with Crippen LogP contribution < -0.4 is 11.1 Å². The summed E-state index contributed by atoms with van der Waals surface area (Å²) >= 11 is 6.14. The predicted molar refractivity (Wildman–Crippen MR) is 133 cm³/mol. The molecule has 32 heavy (non-hydrogen) atoms. The van der Waals surface area contributed by atoms with Crippen molar-refractivity contribution < 1.29 is 8.78 Å². The molecule has 4 rings (SSSR count). The third-order valence-electron chi connectivity index (χ3n) is 4.65. The number of benzene rings is 2. The zero-order valence-corrected chi connectivity index (χ0v) is 19.2. The Morgan fingerprint density at radius 3 is 2.44 bits per heavy atom. The Labute approximate surface area is 196 Å². The predicted octanol–water partition coefficient (Wildman–Crippen LogP) is 6.85. The topological polar surface area (TPSA) is 50.9 Å². The maximum absolute atomic E-state index is 12.2. The van der Waals surface area contributed by atoms with Crippen molar-refractivity contribution in [2.75, 3.05) is 5.73 Å². The normalized spacial score (nSPS) is 10.2. The average Bonchev–Trinajstić information content (AvgIpc) is 3.27. The fourth-order valence-electron chi connectivity index (χ4n) is 2.91. The minimum Gasteiger partial charge on any atom is -0.396 e. The van der Waals surface area contributed by atoms with Crippen molar-refractivity contribution in [1.29, 1.82) is 0 Å². The van der Waals surface area contributed by atoms with E-state index >= 15 is 0 Å². The molecule has 3 N–H and O–H groups in total. The first-order chi connectivity index (χ1) is 15.4. The number of anilines is 1. The molecule has 0 aliphatic rings. The Kier molecular flexibility index (Phi) is 8.03. The average molecular weight is 468 g/mol. The molecule has 0 aliphatic carbocycles. The molecule has 0 aliphatic heterocycles. The van der Waals surface area contributed by atoms with E-state index in [4.69, 9.17) is 5.73 Å². The van der Waals surface area contributed by atoms with E-state index in [9.17, 15) is 8.78 Å². The molecule has 0 saturated carbocycles. The summed E-state index contributed by atoms with van der Waals surface area (Å²) in [5, 5.41) is 3.17. The summed E-state index contributed by atoms with van der Waals surface area (Å²) in [6, 6.07) is 16.0. The summed E-state index contributed by atoms with van der Waals surface area (Å²) in [5.41, 5.74) is 9.93. The van der Waals surface area contributed by atoms with Gasteiger partial charge in [0.2, 0.25) is 0 Å². The number of aryl methyl sites for hydroxylation is 1.